The van der Waals surface area contributed by atoms with E-state index >= 15 is 0 Å². The van der Waals surface area contributed by atoms with Crippen LogP contribution in [0.5, 0.6) is 0 Å². The molecule has 31 heteroatoms. The number of aliphatic imine (C=N–C) groups is 3. The van der Waals surface area contributed by atoms with Crippen LogP contribution in [0.25, 0.3) is 0 Å². The minimum atomic E-state index is -1.87. The summed E-state index contributed by atoms with van der Waals surface area (Å²) < 4.78 is 0. The van der Waals surface area contributed by atoms with Crippen molar-refractivity contribution in [3.63, 3.8) is 0 Å². The van der Waals surface area contributed by atoms with Crippen LogP contribution in [0.4, 0.5) is 0 Å². The molecule has 0 aliphatic heterocycles. The van der Waals surface area contributed by atoms with Crippen LogP contribution in [0.3, 0.4) is 0 Å². The molecule has 31 nitrogen and oxygen atoms in total. The Morgan fingerprint density at radius 2 is 0.739 bits per heavy atom. The van der Waals surface area contributed by atoms with Crippen LogP contribution in [0.2, 0.25) is 0 Å². The van der Waals surface area contributed by atoms with Gasteiger partial charge in [-0.25, -0.2) is 0 Å². The van der Waals surface area contributed by atoms with E-state index in [1.165, 1.54) is 58.3 Å². The quantitative estimate of drug-likeness (QED) is 0.0197. The van der Waals surface area contributed by atoms with Gasteiger partial charge in [0.1, 0.15) is 42.3 Å². The van der Waals surface area contributed by atoms with Gasteiger partial charge in [-0.3, -0.25) is 62.9 Å². The van der Waals surface area contributed by atoms with Crippen molar-refractivity contribution < 1.29 is 63.3 Å². The minimum absolute atomic E-state index is 0.00618. The summed E-state index contributed by atoms with van der Waals surface area (Å²) in [5.41, 5.74) is 39.2. The third-order valence-electron chi connectivity index (χ3n) is 14.8. The Labute approximate surface area is 540 Å². The van der Waals surface area contributed by atoms with Gasteiger partial charge < -0.3 is 98.0 Å². The Kier molecular flexibility index (Phi) is 44.0. The number of hydrogen-bond donors (Lipinski definition) is 18. The van der Waals surface area contributed by atoms with Crippen molar-refractivity contribution in [2.45, 2.75) is 229 Å². The van der Waals surface area contributed by atoms with E-state index in [9.17, 15) is 63.3 Å². The Morgan fingerprint density at radius 3 is 1.11 bits per heavy atom. The second-order valence-corrected chi connectivity index (χ2v) is 22.8. The largest absolute Gasteiger partial charge is 0.481 e. The molecule has 25 N–H and O–H groups in total. The van der Waals surface area contributed by atoms with Crippen LogP contribution in [0, 0.1) is 0 Å². The zero-order chi connectivity index (χ0) is 68.6. The number of guanidine groups is 3. The standard InChI is InChI=1S/C61H108N18O13/c1-3-4-5-6-7-8-9-10-11-12-13-14-18-30-50(83)72-47(37-41-24-16-15-17-25-41)56(90)75-45(29-23-36-71-61(67)68)54(88)78-49(39-81)58(92)79-48(38-80)57(91)76-44(28-22-35-70-60(65)66)53(87)77-46(31-32-51(84)85)55(89)74-43(26-19-20-33-62)52(86)73-42(40(2)82)27-21-34-69-59(63)64/h15-17,24-25,42-49,80-81H,3-14,18-23,26-39,62H2,1-2H3,(H,72,83)(H,73,86)(H,74,89)(H,75,90)(H,76,91)(H,77,87)(H,78,88)(H,79,92)(H,84,85)(H4,63,64,69)(H4,65,66,70)(H4,67,68,71)/t42-,43-,44-,45-,46-,47-,48-,49-/m0/s1. The van der Waals surface area contributed by atoms with Gasteiger partial charge in [0.25, 0.3) is 0 Å². The van der Waals surface area contributed by atoms with E-state index < -0.39 is 127 Å². The number of amides is 8. The molecule has 0 bridgehead atoms. The highest BCUT2D eigenvalue weighted by atomic mass is 16.4. The summed E-state index contributed by atoms with van der Waals surface area (Å²) in [5.74, 6) is -9.75. The molecule has 520 valence electrons. The van der Waals surface area contributed by atoms with Gasteiger partial charge in [-0.15, -0.1) is 0 Å². The number of ketones is 1. The van der Waals surface area contributed by atoms with Crippen LogP contribution in [0.15, 0.2) is 45.3 Å². The summed E-state index contributed by atoms with van der Waals surface area (Å²) in [5, 5.41) is 50.7. The monoisotopic (exact) mass is 1300 g/mol. The van der Waals surface area contributed by atoms with Crippen LogP contribution >= 0.6 is 0 Å². The van der Waals surface area contributed by atoms with E-state index in [-0.39, 0.29) is 101 Å². The number of nitrogens with one attached hydrogen (secondary N) is 8. The first-order chi connectivity index (χ1) is 44.0. The number of rotatable bonds is 53. The second-order valence-electron chi connectivity index (χ2n) is 22.8. The van der Waals surface area contributed by atoms with Gasteiger partial charge >= 0.3 is 5.97 Å². The third kappa shape index (κ3) is 38.5. The van der Waals surface area contributed by atoms with Crippen molar-refractivity contribution in [3.8, 4) is 0 Å². The number of nitrogens with two attached hydrogens (primary N) is 7. The fourth-order valence-corrected chi connectivity index (χ4v) is 9.65. The number of benzene rings is 1. The molecular formula is C61H108N18O13. The minimum Gasteiger partial charge on any atom is -0.481 e. The molecule has 92 heavy (non-hydrogen) atoms. The number of Topliss-reactive ketones (excluding diaryl/α,β-unsaturated/α-hetero) is 1. The molecule has 0 saturated heterocycles. The number of carboxylic acid groups (broad SMARTS) is 1. The lowest BCUT2D eigenvalue weighted by Crippen LogP contribution is -2.61. The number of hydrogen-bond acceptors (Lipinski definition) is 16. The van der Waals surface area contributed by atoms with Crippen LogP contribution < -0.4 is 82.7 Å². The van der Waals surface area contributed by atoms with Crippen molar-refractivity contribution in [3.05, 3.63) is 35.9 Å². The zero-order valence-corrected chi connectivity index (χ0v) is 53.9. The van der Waals surface area contributed by atoms with E-state index in [0.717, 1.165) is 25.7 Å². The van der Waals surface area contributed by atoms with Crippen LogP contribution in [0.1, 0.15) is 180 Å². The average Bonchev–Trinajstić information content (AvgIpc) is 1.09. The molecule has 0 aromatic heterocycles. The molecule has 1 rings (SSSR count). The first-order valence-corrected chi connectivity index (χ1v) is 32.2. The van der Waals surface area contributed by atoms with Gasteiger partial charge in [0.05, 0.1) is 19.3 Å². The zero-order valence-electron chi connectivity index (χ0n) is 53.9. The van der Waals surface area contributed by atoms with Crippen LogP contribution in [-0.2, 0) is 54.4 Å². The fraction of sp³-hybridized carbons (Fsp3) is 0.689. The number of aliphatic carboxylic acids is 1. The lowest BCUT2D eigenvalue weighted by Gasteiger charge is -2.27. The topological polar surface area (TPSA) is 547 Å². The lowest BCUT2D eigenvalue weighted by molar-refractivity contribution is -0.139. The molecule has 1 aromatic carbocycles. The van der Waals surface area contributed by atoms with Gasteiger partial charge in [0.15, 0.2) is 23.7 Å². The van der Waals surface area contributed by atoms with Gasteiger partial charge in [-0.2, -0.15) is 0 Å². The Balaban J connectivity index is 3.38. The SMILES string of the molecule is CCCCCCCCCCCCCCCC(=O)N[C@@H](Cc1ccccc1)C(=O)N[C@@H](CCCN=C(N)N)C(=O)N[C@@H](CO)C(=O)N[C@@H](CO)C(=O)N[C@@H](CCCN=C(N)N)C(=O)N[C@@H](CCC(=O)O)C(=O)N[C@@H](CCCCN)C(=O)N[C@@H](CCCN=C(N)N)C(C)=O. The Hall–Kier alpha value is -8.19. The predicted molar refractivity (Wildman–Crippen MR) is 350 cm³/mol. The van der Waals surface area contributed by atoms with Crippen LogP contribution in [-0.4, -0.2) is 180 Å². The number of carbonyl (C=O) groups excluding carboxylic acids is 9. The maximum Gasteiger partial charge on any atom is 0.303 e. The molecule has 8 amide bonds. The molecule has 0 spiro atoms. The summed E-state index contributed by atoms with van der Waals surface area (Å²) in [4.78, 5) is 148. The number of carbonyl (C=O) groups is 10. The maximum absolute atomic E-state index is 14.2. The highest BCUT2D eigenvalue weighted by Gasteiger charge is 2.35. The molecule has 0 saturated carbocycles. The Bertz CT molecular complexity index is 2480. The smallest absolute Gasteiger partial charge is 0.303 e. The van der Waals surface area contributed by atoms with Crippen molar-refractivity contribution in [1.29, 1.82) is 0 Å². The number of carboxylic acids is 1. The molecule has 0 radical (unpaired) electrons. The van der Waals surface area contributed by atoms with Crippen molar-refractivity contribution in [1.82, 2.24) is 42.5 Å². The molecule has 0 unspecified atom stereocenters. The highest BCUT2D eigenvalue weighted by Crippen LogP contribution is 2.15. The van der Waals surface area contributed by atoms with E-state index in [1.807, 2.05) is 0 Å². The van der Waals surface area contributed by atoms with Gasteiger partial charge in [0, 0.05) is 38.9 Å². The molecule has 0 heterocycles. The summed E-state index contributed by atoms with van der Waals surface area (Å²) in [6, 6.07) is -2.94. The first kappa shape index (κ1) is 81.8. The number of aliphatic hydroxyl groups is 2. The number of nitrogens with zero attached hydrogens (tertiary/aromatic N) is 3. The summed E-state index contributed by atoms with van der Waals surface area (Å²) in [7, 11) is 0. The van der Waals surface area contributed by atoms with Crippen molar-refractivity contribution >= 4 is 76.9 Å². The van der Waals surface area contributed by atoms with E-state index in [1.54, 1.807) is 30.3 Å². The molecule has 0 fully saturated rings. The van der Waals surface area contributed by atoms with Crippen molar-refractivity contribution in [2.75, 3.05) is 39.4 Å². The predicted octanol–water partition coefficient (Wildman–Crippen LogP) is -1.68. The molecule has 0 aliphatic rings. The van der Waals surface area contributed by atoms with Crippen molar-refractivity contribution in [2.24, 2.45) is 55.1 Å². The third-order valence-corrected chi connectivity index (χ3v) is 14.8. The van der Waals surface area contributed by atoms with Gasteiger partial charge in [0.2, 0.25) is 47.3 Å². The Morgan fingerprint density at radius 1 is 0.402 bits per heavy atom. The fourth-order valence-electron chi connectivity index (χ4n) is 9.65. The summed E-state index contributed by atoms with van der Waals surface area (Å²) >= 11 is 0. The second kappa shape index (κ2) is 49.5. The highest BCUT2D eigenvalue weighted by molar-refractivity contribution is 5.98. The first-order valence-electron chi connectivity index (χ1n) is 32.2. The average molecular weight is 1300 g/mol. The van der Waals surface area contributed by atoms with Gasteiger partial charge in [-0.1, -0.05) is 114 Å². The summed E-state index contributed by atoms with van der Waals surface area (Å²) in [6.07, 6.45) is 14.7. The normalized spacial score (nSPS) is 13.5. The van der Waals surface area contributed by atoms with Gasteiger partial charge in [-0.05, 0) is 89.7 Å². The molecular weight excluding hydrogens is 1190 g/mol. The van der Waals surface area contributed by atoms with E-state index in [4.69, 9.17) is 40.1 Å². The molecule has 0 aliphatic carbocycles. The van der Waals surface area contributed by atoms with E-state index in [2.05, 4.69) is 64.4 Å². The molecule has 8 atom stereocenters. The van der Waals surface area contributed by atoms with E-state index in [0.29, 0.717) is 31.2 Å². The number of unbranched alkanes of at least 4 members (excludes halogenated alkanes) is 13. The number of aliphatic hydroxyl groups excluding tert-OH is 2. The summed E-state index contributed by atoms with van der Waals surface area (Å²) in [6.45, 7) is 1.64. The maximum atomic E-state index is 14.2. The lowest BCUT2D eigenvalue weighted by atomic mass is 10.0. The molecule has 1 aromatic rings.